The molecule has 27 heavy (non-hydrogen) atoms. The number of para-hydroxylation sites is 2. The molecule has 2 aromatic carbocycles. The molecule has 6 heteroatoms. The molecular formula is C21H23N3O3. The number of hydrogen-bond acceptors (Lipinski definition) is 4. The number of hydrogen-bond donors (Lipinski definition) is 1. The quantitative estimate of drug-likeness (QED) is 0.680. The van der Waals surface area contributed by atoms with Crippen LogP contribution in [0.1, 0.15) is 41.6 Å². The highest BCUT2D eigenvalue weighted by Crippen LogP contribution is 2.21. The Kier molecular flexibility index (Phi) is 5.54. The van der Waals surface area contributed by atoms with E-state index >= 15 is 0 Å². The molecule has 1 amide bonds. The molecule has 0 aliphatic heterocycles. The Labute approximate surface area is 158 Å². The Hall–Kier alpha value is -3.15. The lowest BCUT2D eigenvalue weighted by Crippen LogP contribution is -2.29. The summed E-state index contributed by atoms with van der Waals surface area (Å²) in [5.74, 6) is 0.102. The number of aryl methyl sites for hydroxylation is 1. The monoisotopic (exact) mass is 365 g/mol. The molecule has 0 saturated heterocycles. The van der Waals surface area contributed by atoms with Crippen molar-refractivity contribution in [2.75, 3.05) is 6.61 Å². The SMILES string of the molecule is CCOC(=O)Cn1c(C(C)NC(=O)c2cccc(C)c2)nc2ccccc21. The summed E-state index contributed by atoms with van der Waals surface area (Å²) in [5.41, 5.74) is 3.21. The molecule has 1 heterocycles. The number of carbonyl (C=O) groups is 2. The number of nitrogens with zero attached hydrogens (tertiary/aromatic N) is 2. The third kappa shape index (κ3) is 4.16. The second kappa shape index (κ2) is 8.03. The Morgan fingerprint density at radius 3 is 2.70 bits per heavy atom. The van der Waals surface area contributed by atoms with Gasteiger partial charge in [0, 0.05) is 5.56 Å². The predicted molar refractivity (Wildman–Crippen MR) is 103 cm³/mol. The Balaban J connectivity index is 1.90. The standard InChI is InChI=1S/C21H23N3O3/c1-4-27-19(25)13-24-18-11-6-5-10-17(18)23-20(24)15(3)22-21(26)16-9-7-8-14(2)12-16/h5-12,15H,4,13H2,1-3H3,(H,22,26). The third-order valence-corrected chi connectivity index (χ3v) is 4.29. The first-order valence-electron chi connectivity index (χ1n) is 8.98. The lowest BCUT2D eigenvalue weighted by molar-refractivity contribution is -0.143. The number of fused-ring (bicyclic) bond motifs is 1. The van der Waals surface area contributed by atoms with Crippen molar-refractivity contribution in [3.05, 3.63) is 65.5 Å². The second-order valence-electron chi connectivity index (χ2n) is 6.41. The fourth-order valence-corrected chi connectivity index (χ4v) is 3.06. The van der Waals surface area contributed by atoms with Crippen molar-refractivity contribution in [1.82, 2.24) is 14.9 Å². The summed E-state index contributed by atoms with van der Waals surface area (Å²) in [5, 5.41) is 2.97. The maximum absolute atomic E-state index is 12.6. The summed E-state index contributed by atoms with van der Waals surface area (Å²) in [4.78, 5) is 29.3. The van der Waals surface area contributed by atoms with Crippen LogP contribution < -0.4 is 5.32 Å². The van der Waals surface area contributed by atoms with Gasteiger partial charge in [-0.3, -0.25) is 9.59 Å². The number of aromatic nitrogens is 2. The molecule has 1 atom stereocenters. The van der Waals surface area contributed by atoms with Crippen molar-refractivity contribution < 1.29 is 14.3 Å². The van der Waals surface area contributed by atoms with Crippen LogP contribution in [0.15, 0.2) is 48.5 Å². The van der Waals surface area contributed by atoms with Crippen LogP contribution in [0, 0.1) is 6.92 Å². The Morgan fingerprint density at radius 1 is 1.19 bits per heavy atom. The van der Waals surface area contributed by atoms with Crippen molar-refractivity contribution in [1.29, 1.82) is 0 Å². The largest absolute Gasteiger partial charge is 0.465 e. The minimum absolute atomic E-state index is 0.0499. The van der Waals surface area contributed by atoms with Crippen molar-refractivity contribution in [2.45, 2.75) is 33.4 Å². The van der Waals surface area contributed by atoms with E-state index < -0.39 is 0 Å². The van der Waals surface area contributed by atoms with E-state index in [1.807, 2.05) is 56.3 Å². The summed E-state index contributed by atoms with van der Waals surface area (Å²) in [6.07, 6.45) is 0. The summed E-state index contributed by atoms with van der Waals surface area (Å²) >= 11 is 0. The number of carbonyl (C=O) groups excluding carboxylic acids is 2. The van der Waals surface area contributed by atoms with Gasteiger partial charge in [0.15, 0.2) is 0 Å². The lowest BCUT2D eigenvalue weighted by Gasteiger charge is -2.16. The topological polar surface area (TPSA) is 73.2 Å². The number of nitrogens with one attached hydrogen (secondary N) is 1. The van der Waals surface area contributed by atoms with Gasteiger partial charge in [0.25, 0.3) is 5.91 Å². The molecule has 3 aromatic rings. The molecule has 0 aliphatic rings. The highest BCUT2D eigenvalue weighted by molar-refractivity contribution is 5.94. The van der Waals surface area contributed by atoms with E-state index in [1.54, 1.807) is 17.6 Å². The van der Waals surface area contributed by atoms with Gasteiger partial charge >= 0.3 is 5.97 Å². The van der Waals surface area contributed by atoms with Gasteiger partial charge in [-0.25, -0.2) is 4.98 Å². The normalized spacial score (nSPS) is 12.0. The van der Waals surface area contributed by atoms with E-state index in [0.717, 1.165) is 16.6 Å². The number of esters is 1. The number of rotatable bonds is 6. The zero-order valence-electron chi connectivity index (χ0n) is 15.7. The first-order chi connectivity index (χ1) is 13.0. The molecule has 0 radical (unpaired) electrons. The molecule has 1 aromatic heterocycles. The summed E-state index contributed by atoms with van der Waals surface area (Å²) in [7, 11) is 0. The predicted octanol–water partition coefficient (Wildman–Crippen LogP) is 3.40. The van der Waals surface area contributed by atoms with E-state index in [2.05, 4.69) is 10.3 Å². The molecular weight excluding hydrogens is 342 g/mol. The van der Waals surface area contributed by atoms with E-state index in [1.165, 1.54) is 0 Å². The molecule has 0 aliphatic carbocycles. The molecule has 6 nitrogen and oxygen atoms in total. The van der Waals surface area contributed by atoms with Crippen molar-refractivity contribution in [2.24, 2.45) is 0 Å². The lowest BCUT2D eigenvalue weighted by atomic mass is 10.1. The molecule has 0 fully saturated rings. The zero-order valence-corrected chi connectivity index (χ0v) is 15.7. The molecule has 1 unspecified atom stereocenters. The van der Waals surface area contributed by atoms with Crippen molar-refractivity contribution >= 4 is 22.9 Å². The van der Waals surface area contributed by atoms with Crippen LogP contribution in [-0.2, 0) is 16.1 Å². The van der Waals surface area contributed by atoms with Gasteiger partial charge in [-0.2, -0.15) is 0 Å². The summed E-state index contributed by atoms with van der Waals surface area (Å²) in [6.45, 7) is 5.94. The smallest absolute Gasteiger partial charge is 0.326 e. The van der Waals surface area contributed by atoms with E-state index in [9.17, 15) is 9.59 Å². The van der Waals surface area contributed by atoms with Crippen molar-refractivity contribution in [3.8, 4) is 0 Å². The zero-order chi connectivity index (χ0) is 19.4. The first-order valence-corrected chi connectivity index (χ1v) is 8.98. The molecule has 140 valence electrons. The summed E-state index contributed by atoms with van der Waals surface area (Å²) in [6, 6.07) is 14.6. The number of ether oxygens (including phenoxy) is 1. The van der Waals surface area contributed by atoms with Gasteiger partial charge in [0.1, 0.15) is 12.4 Å². The third-order valence-electron chi connectivity index (χ3n) is 4.29. The number of amides is 1. The molecule has 3 rings (SSSR count). The average molecular weight is 365 g/mol. The minimum Gasteiger partial charge on any atom is -0.465 e. The van der Waals surface area contributed by atoms with Gasteiger partial charge in [-0.15, -0.1) is 0 Å². The summed E-state index contributed by atoms with van der Waals surface area (Å²) < 4.78 is 6.89. The van der Waals surface area contributed by atoms with Crippen molar-refractivity contribution in [3.63, 3.8) is 0 Å². The van der Waals surface area contributed by atoms with Crippen LogP contribution in [0.4, 0.5) is 0 Å². The fraction of sp³-hybridized carbons (Fsp3) is 0.286. The molecule has 1 N–H and O–H groups in total. The van der Waals surface area contributed by atoms with Crippen LogP contribution in [0.2, 0.25) is 0 Å². The fourth-order valence-electron chi connectivity index (χ4n) is 3.06. The Bertz CT molecular complexity index is 978. The number of benzene rings is 2. The average Bonchev–Trinajstić information content (AvgIpc) is 3.00. The van der Waals surface area contributed by atoms with Crippen LogP contribution in [0.25, 0.3) is 11.0 Å². The van der Waals surface area contributed by atoms with Gasteiger partial charge in [0.2, 0.25) is 0 Å². The van der Waals surface area contributed by atoms with Crippen LogP contribution in [0.3, 0.4) is 0 Å². The first kappa shape index (κ1) is 18.6. The Morgan fingerprint density at radius 2 is 1.96 bits per heavy atom. The molecule has 0 saturated carbocycles. The van der Waals surface area contributed by atoms with Crippen LogP contribution in [0.5, 0.6) is 0 Å². The molecule has 0 spiro atoms. The minimum atomic E-state index is -0.375. The second-order valence-corrected chi connectivity index (χ2v) is 6.41. The van der Waals surface area contributed by atoms with Gasteiger partial charge in [-0.05, 0) is 45.0 Å². The van der Waals surface area contributed by atoms with Gasteiger partial charge in [-0.1, -0.05) is 29.8 Å². The number of imidazole rings is 1. The highest BCUT2D eigenvalue weighted by Gasteiger charge is 2.20. The van der Waals surface area contributed by atoms with Crippen LogP contribution >= 0.6 is 0 Å². The van der Waals surface area contributed by atoms with Gasteiger partial charge in [0.05, 0.1) is 23.7 Å². The highest BCUT2D eigenvalue weighted by atomic mass is 16.5. The van der Waals surface area contributed by atoms with Crippen LogP contribution in [-0.4, -0.2) is 28.0 Å². The molecule has 0 bridgehead atoms. The van der Waals surface area contributed by atoms with E-state index in [-0.39, 0.29) is 24.5 Å². The van der Waals surface area contributed by atoms with E-state index in [0.29, 0.717) is 18.0 Å². The maximum Gasteiger partial charge on any atom is 0.326 e. The van der Waals surface area contributed by atoms with Gasteiger partial charge < -0.3 is 14.6 Å². The maximum atomic E-state index is 12.6. The van der Waals surface area contributed by atoms with E-state index in [4.69, 9.17) is 4.74 Å².